The van der Waals surface area contributed by atoms with E-state index < -0.39 is 26.5 Å². The number of hydrogen-bond acceptors (Lipinski definition) is 7. The van der Waals surface area contributed by atoms with Gasteiger partial charge in [-0.15, -0.1) is 0 Å². The summed E-state index contributed by atoms with van der Waals surface area (Å²) in [4.78, 5) is 35.3. The number of carbonyl (C=O) groups is 2. The lowest BCUT2D eigenvalue weighted by molar-refractivity contribution is -0.870. The summed E-state index contributed by atoms with van der Waals surface area (Å²) in [6, 6.07) is 0. The van der Waals surface area contributed by atoms with Crippen LogP contribution in [-0.2, 0) is 32.7 Å². The lowest BCUT2D eigenvalue weighted by Gasteiger charge is -2.24. The van der Waals surface area contributed by atoms with E-state index in [2.05, 4.69) is 50.3 Å². The minimum absolute atomic E-state index is 0.0285. The summed E-state index contributed by atoms with van der Waals surface area (Å²) >= 11 is 0. The number of phosphoric ester groups is 1. The first-order valence-electron chi connectivity index (χ1n) is 21.7. The maximum absolute atomic E-state index is 12.7. The molecule has 0 aromatic heterocycles. The molecule has 0 saturated carbocycles. The number of rotatable bonds is 39. The fraction of sp³-hybridized carbons (Fsp3) is 0.818. The molecule has 0 fully saturated rings. The molecule has 0 aliphatic carbocycles. The quantitative estimate of drug-likeness (QED) is 0.0216. The number of allylic oxidation sites excluding steroid dienone is 6. The molecule has 2 unspecified atom stereocenters. The highest BCUT2D eigenvalue weighted by molar-refractivity contribution is 7.47. The van der Waals surface area contributed by atoms with Gasteiger partial charge in [0.1, 0.15) is 19.8 Å². The monoisotopic (exact) mass is 785 g/mol. The molecule has 0 aliphatic rings. The topological polar surface area (TPSA) is 108 Å². The number of quaternary nitrogens is 1. The zero-order chi connectivity index (χ0) is 40.0. The molecule has 0 spiro atoms. The van der Waals surface area contributed by atoms with Gasteiger partial charge in [-0.3, -0.25) is 18.6 Å². The van der Waals surface area contributed by atoms with Crippen molar-refractivity contribution in [3.05, 3.63) is 36.5 Å². The van der Waals surface area contributed by atoms with Gasteiger partial charge in [-0.25, -0.2) is 4.57 Å². The van der Waals surface area contributed by atoms with E-state index in [4.69, 9.17) is 18.5 Å². The number of hydrogen-bond donors (Lipinski definition) is 1. The lowest BCUT2D eigenvalue weighted by Crippen LogP contribution is -2.37. The number of carbonyl (C=O) groups excluding carboxylic acids is 2. The van der Waals surface area contributed by atoms with E-state index in [0.717, 1.165) is 70.6 Å². The van der Waals surface area contributed by atoms with E-state index in [1.54, 1.807) is 0 Å². The standard InChI is InChI=1S/C44H82NO8P/c1-6-8-10-12-14-16-18-20-21-22-23-24-25-27-29-31-33-35-37-44(47)53-42(41-52-54(48,49)51-39-38-45(3,4)5)40-50-43(46)36-34-32-30-28-26-19-17-15-13-11-9-7-2/h15-18,21-22,42H,6-14,19-20,23-41H2,1-5H3/p+1/b17-15-,18-16-,22-21-. The Morgan fingerprint density at radius 2 is 1.00 bits per heavy atom. The van der Waals surface area contributed by atoms with Crippen LogP contribution in [0.15, 0.2) is 36.5 Å². The van der Waals surface area contributed by atoms with Crippen molar-refractivity contribution in [3.63, 3.8) is 0 Å². The van der Waals surface area contributed by atoms with Crippen molar-refractivity contribution in [2.75, 3.05) is 47.5 Å². The van der Waals surface area contributed by atoms with Crippen LogP contribution >= 0.6 is 7.82 Å². The number of esters is 2. The van der Waals surface area contributed by atoms with Crippen LogP contribution in [0.5, 0.6) is 0 Å². The molecule has 10 heteroatoms. The molecule has 0 saturated heterocycles. The fourth-order valence-electron chi connectivity index (χ4n) is 5.68. The highest BCUT2D eigenvalue weighted by atomic mass is 31.2. The van der Waals surface area contributed by atoms with Gasteiger partial charge in [0.2, 0.25) is 0 Å². The van der Waals surface area contributed by atoms with Crippen molar-refractivity contribution >= 4 is 19.8 Å². The molecule has 0 amide bonds. The normalized spacial score (nSPS) is 14.0. The zero-order valence-electron chi connectivity index (χ0n) is 35.5. The fourth-order valence-corrected chi connectivity index (χ4v) is 6.43. The van der Waals surface area contributed by atoms with Gasteiger partial charge >= 0.3 is 19.8 Å². The third kappa shape index (κ3) is 39.9. The molecule has 9 nitrogen and oxygen atoms in total. The zero-order valence-corrected chi connectivity index (χ0v) is 36.3. The summed E-state index contributed by atoms with van der Waals surface area (Å²) in [6.45, 7) is 4.36. The second-order valence-corrected chi connectivity index (χ2v) is 17.2. The molecule has 0 aromatic carbocycles. The molecule has 2 atom stereocenters. The van der Waals surface area contributed by atoms with Gasteiger partial charge in [-0.05, 0) is 70.6 Å². The average Bonchev–Trinajstić information content (AvgIpc) is 3.12. The Hall–Kier alpha value is -1.77. The minimum Gasteiger partial charge on any atom is -0.462 e. The van der Waals surface area contributed by atoms with Crippen LogP contribution in [0.2, 0.25) is 0 Å². The first-order valence-corrected chi connectivity index (χ1v) is 23.2. The van der Waals surface area contributed by atoms with Crippen LogP contribution in [-0.4, -0.2) is 74.9 Å². The smallest absolute Gasteiger partial charge is 0.462 e. The molecule has 0 radical (unpaired) electrons. The van der Waals surface area contributed by atoms with Gasteiger partial charge in [-0.2, -0.15) is 0 Å². The minimum atomic E-state index is -4.37. The molecule has 0 aliphatic heterocycles. The van der Waals surface area contributed by atoms with Crippen LogP contribution < -0.4 is 0 Å². The summed E-state index contributed by atoms with van der Waals surface area (Å²) in [5, 5.41) is 0. The highest BCUT2D eigenvalue weighted by Gasteiger charge is 2.27. The third-order valence-corrected chi connectivity index (χ3v) is 10.1. The van der Waals surface area contributed by atoms with Crippen molar-refractivity contribution in [1.29, 1.82) is 0 Å². The number of phosphoric acid groups is 1. The summed E-state index contributed by atoms with van der Waals surface area (Å²) in [7, 11) is 1.46. The van der Waals surface area contributed by atoms with Crippen molar-refractivity contribution < 1.29 is 42.1 Å². The van der Waals surface area contributed by atoms with Crippen molar-refractivity contribution in [2.45, 2.75) is 187 Å². The Balaban J connectivity index is 4.38. The van der Waals surface area contributed by atoms with E-state index in [9.17, 15) is 19.0 Å². The van der Waals surface area contributed by atoms with Gasteiger partial charge in [-0.1, -0.05) is 134 Å². The van der Waals surface area contributed by atoms with E-state index in [-0.39, 0.29) is 32.0 Å². The molecule has 316 valence electrons. The summed E-state index contributed by atoms with van der Waals surface area (Å²) in [5.74, 6) is -0.818. The second-order valence-electron chi connectivity index (χ2n) is 15.7. The van der Waals surface area contributed by atoms with Crippen LogP contribution in [0.25, 0.3) is 0 Å². The van der Waals surface area contributed by atoms with Crippen LogP contribution in [0.3, 0.4) is 0 Å². The van der Waals surface area contributed by atoms with Gasteiger partial charge in [0.05, 0.1) is 27.7 Å². The van der Waals surface area contributed by atoms with Gasteiger partial charge in [0, 0.05) is 12.8 Å². The van der Waals surface area contributed by atoms with Crippen molar-refractivity contribution in [2.24, 2.45) is 0 Å². The molecule has 1 N–H and O–H groups in total. The van der Waals surface area contributed by atoms with Crippen LogP contribution in [0, 0.1) is 0 Å². The maximum Gasteiger partial charge on any atom is 0.472 e. The first kappa shape index (κ1) is 52.2. The number of likely N-dealkylation sites (N-methyl/N-ethyl adjacent to an activating group) is 1. The number of nitrogens with zero attached hydrogens (tertiary/aromatic N) is 1. The summed E-state index contributed by atoms with van der Waals surface area (Å²) in [5.41, 5.74) is 0. The van der Waals surface area contributed by atoms with Crippen molar-refractivity contribution in [3.8, 4) is 0 Å². The Labute approximate surface area is 331 Å². The molecular formula is C44H83NO8P+. The SMILES string of the molecule is CCCCC/C=C\CCCCCCCC(=O)OCC(COP(=O)(O)OCC[N+](C)(C)C)OC(=O)CCCCCCCCC/C=C\C/C=C\CCCCCC. The van der Waals surface area contributed by atoms with E-state index in [1.165, 1.54) is 77.0 Å². The Morgan fingerprint density at radius 1 is 0.574 bits per heavy atom. The van der Waals surface area contributed by atoms with Crippen LogP contribution in [0.1, 0.15) is 181 Å². The second kappa shape index (κ2) is 36.8. The largest absolute Gasteiger partial charge is 0.472 e. The number of ether oxygens (including phenoxy) is 2. The van der Waals surface area contributed by atoms with Gasteiger partial charge < -0.3 is 18.9 Å². The molecular weight excluding hydrogens is 701 g/mol. The molecule has 0 aromatic rings. The van der Waals surface area contributed by atoms with E-state index >= 15 is 0 Å². The van der Waals surface area contributed by atoms with E-state index in [1.807, 2.05) is 21.1 Å². The average molecular weight is 785 g/mol. The summed E-state index contributed by atoms with van der Waals surface area (Å²) < 4.78 is 34.3. The Bertz CT molecular complexity index is 1020. The molecule has 0 bridgehead atoms. The molecule has 0 heterocycles. The van der Waals surface area contributed by atoms with Crippen LogP contribution in [0.4, 0.5) is 0 Å². The van der Waals surface area contributed by atoms with Gasteiger partial charge in [0.25, 0.3) is 0 Å². The maximum atomic E-state index is 12.7. The Morgan fingerprint density at radius 3 is 1.52 bits per heavy atom. The molecule has 54 heavy (non-hydrogen) atoms. The predicted molar refractivity (Wildman–Crippen MR) is 224 cm³/mol. The molecule has 0 rings (SSSR count). The third-order valence-electron chi connectivity index (χ3n) is 9.14. The number of unbranched alkanes of at least 4 members (excludes halogenated alkanes) is 19. The Kier molecular flexibility index (Phi) is 35.6. The first-order chi connectivity index (χ1) is 26.0. The van der Waals surface area contributed by atoms with E-state index in [0.29, 0.717) is 17.4 Å². The predicted octanol–water partition coefficient (Wildman–Crippen LogP) is 12.1. The highest BCUT2D eigenvalue weighted by Crippen LogP contribution is 2.43. The summed E-state index contributed by atoms with van der Waals surface area (Å²) in [6.07, 6.45) is 40.4. The van der Waals surface area contributed by atoms with Crippen molar-refractivity contribution in [1.82, 2.24) is 0 Å². The van der Waals surface area contributed by atoms with Gasteiger partial charge in [0.15, 0.2) is 6.10 Å². The lowest BCUT2D eigenvalue weighted by atomic mass is 10.1.